The number of aromatic amines is 1. The Morgan fingerprint density at radius 1 is 1.35 bits per heavy atom. The van der Waals surface area contributed by atoms with Gasteiger partial charge in [-0.05, 0) is 12.1 Å². The van der Waals surface area contributed by atoms with Gasteiger partial charge in [0.15, 0.2) is 5.69 Å². The van der Waals surface area contributed by atoms with Crippen LogP contribution in [-0.2, 0) is 0 Å². The molecule has 20 heavy (non-hydrogen) atoms. The second kappa shape index (κ2) is 4.57. The Balaban J connectivity index is 2.05. The monoisotopic (exact) mass is 274 g/mol. The first-order chi connectivity index (χ1) is 9.66. The molecule has 1 aromatic carbocycles. The van der Waals surface area contributed by atoms with Crippen molar-refractivity contribution in [1.82, 2.24) is 20.1 Å². The molecule has 0 bridgehead atoms. The summed E-state index contributed by atoms with van der Waals surface area (Å²) in [6.45, 7) is 0. The van der Waals surface area contributed by atoms with E-state index in [-0.39, 0.29) is 28.7 Å². The van der Waals surface area contributed by atoms with Gasteiger partial charge in [-0.3, -0.25) is 0 Å². The van der Waals surface area contributed by atoms with Crippen LogP contribution < -0.4 is 0 Å². The van der Waals surface area contributed by atoms with Crippen LogP contribution >= 0.6 is 0 Å². The predicted octanol–water partition coefficient (Wildman–Crippen LogP) is 1.96. The first-order valence-corrected chi connectivity index (χ1v) is 5.52. The first kappa shape index (κ1) is 12.0. The topological polar surface area (TPSA) is 105 Å². The zero-order valence-electron chi connectivity index (χ0n) is 9.87. The Labute approximate surface area is 111 Å². The maximum absolute atomic E-state index is 13.6. The summed E-state index contributed by atoms with van der Waals surface area (Å²) in [7, 11) is 0. The molecule has 7 nitrogen and oxygen atoms in total. The van der Waals surface area contributed by atoms with E-state index >= 15 is 0 Å². The minimum absolute atomic E-state index is 0.0315. The van der Waals surface area contributed by atoms with E-state index in [2.05, 4.69) is 20.1 Å². The summed E-state index contributed by atoms with van der Waals surface area (Å²) < 4.78 is 18.5. The second-order valence-corrected chi connectivity index (χ2v) is 3.83. The fraction of sp³-hybridized carbons (Fsp3) is 0. The van der Waals surface area contributed by atoms with Crippen molar-refractivity contribution in [3.05, 3.63) is 42.1 Å². The van der Waals surface area contributed by atoms with E-state index in [1.807, 2.05) is 0 Å². The average molecular weight is 274 g/mol. The number of benzene rings is 1. The maximum atomic E-state index is 13.6. The van der Waals surface area contributed by atoms with E-state index in [0.29, 0.717) is 0 Å². The highest BCUT2D eigenvalue weighted by Crippen LogP contribution is 2.24. The molecular weight excluding hydrogens is 267 g/mol. The number of halogens is 1. The number of hydrogen-bond acceptors (Lipinski definition) is 5. The molecule has 0 saturated carbocycles. The molecule has 0 atom stereocenters. The van der Waals surface area contributed by atoms with Crippen molar-refractivity contribution >= 4 is 5.97 Å². The molecule has 100 valence electrons. The van der Waals surface area contributed by atoms with E-state index in [9.17, 15) is 9.18 Å². The van der Waals surface area contributed by atoms with Gasteiger partial charge in [-0.25, -0.2) is 14.2 Å². The smallest absolute Gasteiger partial charge is 0.356 e. The van der Waals surface area contributed by atoms with Crippen LogP contribution in [-0.4, -0.2) is 31.2 Å². The number of rotatable bonds is 3. The summed E-state index contributed by atoms with van der Waals surface area (Å²) in [4.78, 5) is 21.2. The predicted molar refractivity (Wildman–Crippen MR) is 64.2 cm³/mol. The van der Waals surface area contributed by atoms with Gasteiger partial charge >= 0.3 is 5.97 Å². The Kier molecular flexibility index (Phi) is 2.75. The van der Waals surface area contributed by atoms with Crippen molar-refractivity contribution in [3.8, 4) is 23.0 Å². The van der Waals surface area contributed by atoms with Crippen molar-refractivity contribution in [2.75, 3.05) is 0 Å². The lowest BCUT2D eigenvalue weighted by Crippen LogP contribution is -1.99. The third-order valence-electron chi connectivity index (χ3n) is 2.60. The number of carboxylic acids is 1. The van der Waals surface area contributed by atoms with Crippen LogP contribution in [0.15, 0.2) is 35.1 Å². The van der Waals surface area contributed by atoms with Crippen molar-refractivity contribution in [1.29, 1.82) is 0 Å². The maximum Gasteiger partial charge on any atom is 0.356 e. The van der Waals surface area contributed by atoms with Gasteiger partial charge in [0.25, 0.3) is 5.89 Å². The van der Waals surface area contributed by atoms with E-state index < -0.39 is 11.8 Å². The fourth-order valence-electron chi connectivity index (χ4n) is 1.70. The number of nitrogens with one attached hydrogen (secondary N) is 1. The molecule has 2 heterocycles. The highest BCUT2D eigenvalue weighted by molar-refractivity contribution is 5.91. The molecule has 3 aromatic rings. The van der Waals surface area contributed by atoms with Crippen molar-refractivity contribution in [2.24, 2.45) is 0 Å². The molecule has 8 heteroatoms. The van der Waals surface area contributed by atoms with Crippen molar-refractivity contribution in [2.45, 2.75) is 0 Å². The van der Waals surface area contributed by atoms with E-state index in [1.54, 1.807) is 6.07 Å². The Hall–Kier alpha value is -3.03. The molecule has 2 N–H and O–H groups in total. The number of aromatic nitrogens is 4. The number of carboxylic acid groups (broad SMARTS) is 1. The molecule has 0 aliphatic carbocycles. The molecule has 0 unspecified atom stereocenters. The molecule has 0 saturated heterocycles. The van der Waals surface area contributed by atoms with Crippen molar-refractivity contribution in [3.63, 3.8) is 0 Å². The van der Waals surface area contributed by atoms with Crippen LogP contribution in [0.5, 0.6) is 0 Å². The molecule has 3 rings (SSSR count). The van der Waals surface area contributed by atoms with Gasteiger partial charge in [0, 0.05) is 0 Å². The van der Waals surface area contributed by atoms with Gasteiger partial charge in [0.05, 0.1) is 11.9 Å². The number of nitrogens with zero attached hydrogens (tertiary/aromatic N) is 3. The third kappa shape index (κ3) is 1.92. The lowest BCUT2D eigenvalue weighted by atomic mass is 10.2. The summed E-state index contributed by atoms with van der Waals surface area (Å²) >= 11 is 0. The molecule has 0 aliphatic heterocycles. The van der Waals surface area contributed by atoms with Crippen LogP contribution in [0, 0.1) is 5.82 Å². The zero-order chi connectivity index (χ0) is 14.1. The van der Waals surface area contributed by atoms with Gasteiger partial charge < -0.3 is 14.6 Å². The van der Waals surface area contributed by atoms with E-state index in [0.717, 1.165) is 0 Å². The lowest BCUT2D eigenvalue weighted by Gasteiger charge is -1.94. The highest BCUT2D eigenvalue weighted by atomic mass is 19.1. The number of imidazole rings is 1. The minimum Gasteiger partial charge on any atom is -0.476 e. The first-order valence-electron chi connectivity index (χ1n) is 5.52. The summed E-state index contributed by atoms with van der Waals surface area (Å²) in [6, 6.07) is 5.93. The Bertz CT molecular complexity index is 780. The van der Waals surface area contributed by atoms with E-state index in [1.165, 1.54) is 24.5 Å². The fourth-order valence-corrected chi connectivity index (χ4v) is 1.70. The minimum atomic E-state index is -1.23. The summed E-state index contributed by atoms with van der Waals surface area (Å²) in [5.74, 6) is -1.77. The van der Waals surface area contributed by atoms with Crippen LogP contribution in [0.3, 0.4) is 0 Å². The third-order valence-corrected chi connectivity index (χ3v) is 2.60. The molecule has 0 amide bonds. The SMILES string of the molecule is O=C(O)c1nc[nH]c1-c1nc(-c2ccccc2F)no1. The Morgan fingerprint density at radius 3 is 2.90 bits per heavy atom. The van der Waals surface area contributed by atoms with Gasteiger partial charge in [0.2, 0.25) is 5.82 Å². The number of aromatic carboxylic acids is 1. The van der Waals surface area contributed by atoms with Crippen molar-refractivity contribution < 1.29 is 18.8 Å². The molecular formula is C12H7FN4O3. The number of H-pyrrole nitrogens is 1. The molecule has 2 aromatic heterocycles. The van der Waals surface area contributed by atoms with Crippen LogP contribution in [0.2, 0.25) is 0 Å². The molecule has 0 fully saturated rings. The largest absolute Gasteiger partial charge is 0.476 e. The van der Waals surface area contributed by atoms with Gasteiger partial charge in [0.1, 0.15) is 11.5 Å². The average Bonchev–Trinajstić information content (AvgIpc) is 3.07. The van der Waals surface area contributed by atoms with E-state index in [4.69, 9.17) is 9.63 Å². The second-order valence-electron chi connectivity index (χ2n) is 3.83. The highest BCUT2D eigenvalue weighted by Gasteiger charge is 2.21. The van der Waals surface area contributed by atoms with Crippen LogP contribution in [0.1, 0.15) is 10.5 Å². The van der Waals surface area contributed by atoms with Gasteiger partial charge in [-0.15, -0.1) is 0 Å². The Morgan fingerprint density at radius 2 is 2.15 bits per heavy atom. The van der Waals surface area contributed by atoms with Gasteiger partial charge in [-0.1, -0.05) is 17.3 Å². The van der Waals surface area contributed by atoms with Gasteiger partial charge in [-0.2, -0.15) is 4.98 Å². The normalized spacial score (nSPS) is 10.7. The summed E-state index contributed by atoms with van der Waals surface area (Å²) in [5.41, 5.74) is 0.000197. The molecule has 0 spiro atoms. The molecule has 0 aliphatic rings. The number of carbonyl (C=O) groups is 1. The van der Waals surface area contributed by atoms with Crippen LogP contribution in [0.25, 0.3) is 23.0 Å². The molecule has 0 radical (unpaired) electrons. The zero-order valence-corrected chi connectivity index (χ0v) is 9.87. The van der Waals surface area contributed by atoms with Crippen LogP contribution in [0.4, 0.5) is 4.39 Å². The summed E-state index contributed by atoms with van der Waals surface area (Å²) in [5, 5.41) is 12.6. The summed E-state index contributed by atoms with van der Waals surface area (Å²) in [6.07, 6.45) is 1.20. The quantitative estimate of drug-likeness (QED) is 0.756. The standard InChI is InChI=1S/C12H7FN4O3/c13-7-4-2-1-3-6(7)10-16-11(20-17-10)8-9(12(18)19)15-5-14-8/h1-5H,(H,14,15)(H,18,19). The number of hydrogen-bond donors (Lipinski definition) is 2. The lowest BCUT2D eigenvalue weighted by molar-refractivity contribution is 0.0691.